The molecule has 0 saturated carbocycles. The Bertz CT molecular complexity index is 717. The van der Waals surface area contributed by atoms with Gasteiger partial charge in [0.1, 0.15) is 0 Å². The molecule has 6 heteroatoms. The van der Waals surface area contributed by atoms with Crippen molar-refractivity contribution in [2.75, 3.05) is 17.2 Å². The van der Waals surface area contributed by atoms with Gasteiger partial charge in [0.05, 0.1) is 22.3 Å². The van der Waals surface area contributed by atoms with E-state index in [2.05, 4.69) is 10.6 Å². The topological polar surface area (TPSA) is 58.2 Å². The minimum atomic E-state index is -0.266. The van der Waals surface area contributed by atoms with E-state index >= 15 is 0 Å². The molecule has 0 aliphatic heterocycles. The molecular formula is C16H14Cl2N2O2. The Morgan fingerprint density at radius 2 is 1.82 bits per heavy atom. The van der Waals surface area contributed by atoms with Gasteiger partial charge in [0.2, 0.25) is 5.91 Å². The van der Waals surface area contributed by atoms with Gasteiger partial charge in [-0.2, -0.15) is 0 Å². The first kappa shape index (κ1) is 16.3. The number of rotatable bonds is 5. The number of anilines is 2. The zero-order valence-electron chi connectivity index (χ0n) is 11.8. The molecule has 0 radical (unpaired) electrons. The summed E-state index contributed by atoms with van der Waals surface area (Å²) >= 11 is 11.9. The van der Waals surface area contributed by atoms with Crippen molar-refractivity contribution < 1.29 is 9.59 Å². The molecule has 4 nitrogen and oxygen atoms in total. The lowest BCUT2D eigenvalue weighted by molar-refractivity contribution is -0.114. The smallest absolute Gasteiger partial charge is 0.243 e. The van der Waals surface area contributed by atoms with Crippen molar-refractivity contribution in [2.45, 2.75) is 6.92 Å². The number of amides is 1. The molecule has 2 aromatic carbocycles. The summed E-state index contributed by atoms with van der Waals surface area (Å²) in [5.41, 5.74) is 1.74. The van der Waals surface area contributed by atoms with Gasteiger partial charge in [0.15, 0.2) is 5.78 Å². The number of carbonyl (C=O) groups excluding carboxylic acids is 2. The van der Waals surface area contributed by atoms with Crippen molar-refractivity contribution in [1.29, 1.82) is 0 Å². The summed E-state index contributed by atoms with van der Waals surface area (Å²) in [6.45, 7) is 1.54. The van der Waals surface area contributed by atoms with E-state index in [1.807, 2.05) is 0 Å². The molecule has 0 aliphatic rings. The summed E-state index contributed by atoms with van der Waals surface area (Å²) in [5.74, 6) is -0.295. The highest BCUT2D eigenvalue weighted by atomic mass is 35.5. The van der Waals surface area contributed by atoms with E-state index in [1.54, 1.807) is 42.5 Å². The zero-order valence-corrected chi connectivity index (χ0v) is 13.3. The van der Waals surface area contributed by atoms with E-state index < -0.39 is 0 Å². The molecule has 114 valence electrons. The van der Waals surface area contributed by atoms with Crippen LogP contribution in [0, 0.1) is 0 Å². The molecule has 1 amide bonds. The van der Waals surface area contributed by atoms with Crippen molar-refractivity contribution in [1.82, 2.24) is 0 Å². The predicted octanol–water partition coefficient (Wildman–Crippen LogP) is 4.25. The Labute approximate surface area is 138 Å². The second-order valence-corrected chi connectivity index (χ2v) is 5.43. The van der Waals surface area contributed by atoms with Gasteiger partial charge < -0.3 is 10.6 Å². The van der Waals surface area contributed by atoms with Gasteiger partial charge in [-0.05, 0) is 31.2 Å². The summed E-state index contributed by atoms with van der Waals surface area (Å²) in [4.78, 5) is 23.2. The van der Waals surface area contributed by atoms with Crippen molar-refractivity contribution in [3.05, 3.63) is 58.1 Å². The lowest BCUT2D eigenvalue weighted by Crippen LogP contribution is -2.22. The first-order valence-electron chi connectivity index (χ1n) is 6.56. The van der Waals surface area contributed by atoms with Crippen LogP contribution in [0.3, 0.4) is 0 Å². The Morgan fingerprint density at radius 1 is 1.09 bits per heavy atom. The second-order valence-electron chi connectivity index (χ2n) is 4.64. The Hall–Kier alpha value is -2.04. The van der Waals surface area contributed by atoms with Crippen LogP contribution in [0.4, 0.5) is 11.4 Å². The highest BCUT2D eigenvalue weighted by molar-refractivity contribution is 6.44. The molecule has 0 aromatic heterocycles. The SMILES string of the molecule is CC(=O)c1cccc(NCC(=O)Nc2cccc(Cl)c2Cl)c1. The summed E-state index contributed by atoms with van der Waals surface area (Å²) in [5, 5.41) is 6.31. The number of nitrogens with one attached hydrogen (secondary N) is 2. The van der Waals surface area contributed by atoms with Crippen molar-refractivity contribution in [3.63, 3.8) is 0 Å². The van der Waals surface area contributed by atoms with Crippen LogP contribution in [0.15, 0.2) is 42.5 Å². The lowest BCUT2D eigenvalue weighted by Gasteiger charge is -2.10. The fourth-order valence-electron chi connectivity index (χ4n) is 1.83. The van der Waals surface area contributed by atoms with Gasteiger partial charge in [0.25, 0.3) is 0 Å². The average Bonchev–Trinajstić information content (AvgIpc) is 2.50. The third-order valence-electron chi connectivity index (χ3n) is 2.95. The molecule has 2 N–H and O–H groups in total. The van der Waals surface area contributed by atoms with E-state index in [0.717, 1.165) is 0 Å². The molecule has 0 atom stereocenters. The first-order chi connectivity index (χ1) is 10.5. The summed E-state index contributed by atoms with van der Waals surface area (Å²) in [6.07, 6.45) is 0. The van der Waals surface area contributed by atoms with Crippen molar-refractivity contribution >= 4 is 46.3 Å². The second kappa shape index (κ2) is 7.29. The molecule has 0 bridgehead atoms. The van der Waals surface area contributed by atoms with Gasteiger partial charge in [-0.3, -0.25) is 9.59 Å². The third-order valence-corrected chi connectivity index (χ3v) is 3.77. The Morgan fingerprint density at radius 3 is 2.55 bits per heavy atom. The van der Waals surface area contributed by atoms with Crippen LogP contribution in [-0.2, 0) is 4.79 Å². The zero-order chi connectivity index (χ0) is 16.1. The maximum atomic E-state index is 11.9. The van der Waals surface area contributed by atoms with Gasteiger partial charge in [-0.15, -0.1) is 0 Å². The van der Waals surface area contributed by atoms with E-state index in [0.29, 0.717) is 27.0 Å². The number of ketones is 1. The standard InChI is InChI=1S/C16H14Cl2N2O2/c1-10(21)11-4-2-5-12(8-11)19-9-15(22)20-14-7-3-6-13(17)16(14)18/h2-8,19H,9H2,1H3,(H,20,22). The van der Waals surface area contributed by atoms with Crippen LogP contribution in [0.1, 0.15) is 17.3 Å². The van der Waals surface area contributed by atoms with Crippen LogP contribution in [0.5, 0.6) is 0 Å². The average molecular weight is 337 g/mol. The maximum absolute atomic E-state index is 11.9. The minimum absolute atomic E-state index is 0.0289. The summed E-state index contributed by atoms with van der Waals surface area (Å²) < 4.78 is 0. The molecule has 0 unspecified atom stereocenters. The van der Waals surface area contributed by atoms with Gasteiger partial charge >= 0.3 is 0 Å². The van der Waals surface area contributed by atoms with Gasteiger partial charge in [-0.25, -0.2) is 0 Å². The van der Waals surface area contributed by atoms with Crippen molar-refractivity contribution in [3.8, 4) is 0 Å². The largest absolute Gasteiger partial charge is 0.376 e. The Kier molecular flexibility index (Phi) is 5.41. The van der Waals surface area contributed by atoms with Crippen LogP contribution in [-0.4, -0.2) is 18.2 Å². The van der Waals surface area contributed by atoms with Crippen LogP contribution >= 0.6 is 23.2 Å². The number of carbonyl (C=O) groups is 2. The van der Waals surface area contributed by atoms with E-state index in [1.165, 1.54) is 6.92 Å². The quantitative estimate of drug-likeness (QED) is 0.802. The van der Waals surface area contributed by atoms with E-state index in [4.69, 9.17) is 23.2 Å². The number of hydrogen-bond donors (Lipinski definition) is 2. The fourth-order valence-corrected chi connectivity index (χ4v) is 2.17. The van der Waals surface area contributed by atoms with Gasteiger partial charge in [0, 0.05) is 11.3 Å². The fraction of sp³-hybridized carbons (Fsp3) is 0.125. The Balaban J connectivity index is 1.97. The van der Waals surface area contributed by atoms with Gasteiger partial charge in [-0.1, -0.05) is 41.4 Å². The number of Topliss-reactive ketones (excluding diaryl/α,β-unsaturated/α-hetero) is 1. The van der Waals surface area contributed by atoms with Crippen LogP contribution in [0.2, 0.25) is 10.0 Å². The molecule has 2 aromatic rings. The molecule has 0 heterocycles. The minimum Gasteiger partial charge on any atom is -0.376 e. The molecule has 0 spiro atoms. The lowest BCUT2D eigenvalue weighted by atomic mass is 10.1. The first-order valence-corrected chi connectivity index (χ1v) is 7.31. The van der Waals surface area contributed by atoms with Crippen LogP contribution in [0.25, 0.3) is 0 Å². The number of benzene rings is 2. The maximum Gasteiger partial charge on any atom is 0.243 e. The number of halogens is 2. The molecule has 0 aliphatic carbocycles. The highest BCUT2D eigenvalue weighted by Crippen LogP contribution is 2.29. The molecule has 2 rings (SSSR count). The highest BCUT2D eigenvalue weighted by Gasteiger charge is 2.08. The van der Waals surface area contributed by atoms with Crippen LogP contribution < -0.4 is 10.6 Å². The molecular weight excluding hydrogens is 323 g/mol. The molecule has 22 heavy (non-hydrogen) atoms. The normalized spacial score (nSPS) is 10.1. The monoisotopic (exact) mass is 336 g/mol. The summed E-state index contributed by atoms with van der Waals surface area (Å²) in [7, 11) is 0. The third kappa shape index (κ3) is 4.23. The number of hydrogen-bond acceptors (Lipinski definition) is 3. The predicted molar refractivity (Wildman–Crippen MR) is 90.0 cm³/mol. The summed E-state index contributed by atoms with van der Waals surface area (Å²) in [6, 6.07) is 12.0. The van der Waals surface area contributed by atoms with Crippen molar-refractivity contribution in [2.24, 2.45) is 0 Å². The van der Waals surface area contributed by atoms with E-state index in [-0.39, 0.29) is 18.2 Å². The van der Waals surface area contributed by atoms with E-state index in [9.17, 15) is 9.59 Å². The molecule has 0 saturated heterocycles. The molecule has 0 fully saturated rings.